The third-order valence-corrected chi connectivity index (χ3v) is 4.76. The third-order valence-electron chi connectivity index (χ3n) is 2.71. The Balaban J connectivity index is 2.45. The lowest BCUT2D eigenvalue weighted by Gasteiger charge is -2.12. The van der Waals surface area contributed by atoms with Gasteiger partial charge in [-0.05, 0) is 46.6 Å². The largest absolute Gasteiger partial charge is 0.398 e. The lowest BCUT2D eigenvalue weighted by Crippen LogP contribution is -2.16. The second-order valence-corrected chi connectivity index (χ2v) is 6.90. The summed E-state index contributed by atoms with van der Waals surface area (Å²) in [4.78, 5) is -0.198. The number of rotatable bonds is 3. The highest BCUT2D eigenvalue weighted by Crippen LogP contribution is 2.27. The first kappa shape index (κ1) is 15.7. The van der Waals surface area contributed by atoms with Gasteiger partial charge in [0.25, 0.3) is 10.0 Å². The van der Waals surface area contributed by atoms with Gasteiger partial charge in [-0.3, -0.25) is 4.72 Å². The van der Waals surface area contributed by atoms with Gasteiger partial charge in [0.2, 0.25) is 0 Å². The summed E-state index contributed by atoms with van der Waals surface area (Å²) in [7, 11) is -4.11. The molecular weight excluding hydrogens is 366 g/mol. The summed E-state index contributed by atoms with van der Waals surface area (Å²) in [6.07, 6.45) is 0. The van der Waals surface area contributed by atoms with Crippen LogP contribution in [0.4, 0.5) is 20.2 Å². The van der Waals surface area contributed by atoms with E-state index in [4.69, 9.17) is 5.73 Å². The highest BCUT2D eigenvalue weighted by Gasteiger charge is 2.20. The van der Waals surface area contributed by atoms with E-state index in [9.17, 15) is 17.2 Å². The van der Waals surface area contributed by atoms with Crippen LogP contribution >= 0.6 is 15.9 Å². The van der Waals surface area contributed by atoms with Crippen molar-refractivity contribution in [3.63, 3.8) is 0 Å². The smallest absolute Gasteiger partial charge is 0.264 e. The van der Waals surface area contributed by atoms with Gasteiger partial charge in [-0.15, -0.1) is 0 Å². The van der Waals surface area contributed by atoms with Gasteiger partial charge in [-0.1, -0.05) is 6.07 Å². The molecule has 8 heteroatoms. The molecule has 0 aliphatic heterocycles. The van der Waals surface area contributed by atoms with Crippen molar-refractivity contribution in [2.45, 2.75) is 11.8 Å². The Labute approximate surface area is 129 Å². The van der Waals surface area contributed by atoms with Crippen LogP contribution in [0.1, 0.15) is 5.56 Å². The van der Waals surface area contributed by atoms with Crippen molar-refractivity contribution in [1.29, 1.82) is 0 Å². The van der Waals surface area contributed by atoms with Crippen LogP contribution in [0, 0.1) is 18.6 Å². The molecule has 0 radical (unpaired) electrons. The van der Waals surface area contributed by atoms with E-state index in [2.05, 4.69) is 15.9 Å². The minimum absolute atomic E-state index is 0.0282. The zero-order valence-electron chi connectivity index (χ0n) is 10.8. The summed E-state index contributed by atoms with van der Waals surface area (Å²) in [5.74, 6) is -1.69. The number of hydrogen-bond acceptors (Lipinski definition) is 3. The van der Waals surface area contributed by atoms with E-state index in [1.54, 1.807) is 13.0 Å². The summed E-state index contributed by atoms with van der Waals surface area (Å²) in [5.41, 5.74) is 5.98. The number of benzene rings is 2. The first-order chi connectivity index (χ1) is 9.70. The van der Waals surface area contributed by atoms with Crippen LogP contribution in [-0.2, 0) is 10.0 Å². The van der Waals surface area contributed by atoms with E-state index >= 15 is 0 Å². The highest BCUT2D eigenvalue weighted by molar-refractivity contribution is 9.10. The number of sulfonamides is 1. The Morgan fingerprint density at radius 1 is 1.14 bits per heavy atom. The minimum atomic E-state index is -4.11. The quantitative estimate of drug-likeness (QED) is 0.636. The zero-order valence-corrected chi connectivity index (χ0v) is 13.2. The molecule has 0 amide bonds. The Morgan fingerprint density at radius 3 is 2.43 bits per heavy atom. The van der Waals surface area contributed by atoms with Gasteiger partial charge in [0.1, 0.15) is 16.5 Å². The fourth-order valence-corrected chi connectivity index (χ4v) is 3.20. The molecule has 0 saturated carbocycles. The summed E-state index contributed by atoms with van der Waals surface area (Å²) >= 11 is 2.81. The molecule has 2 aromatic carbocycles. The lowest BCUT2D eigenvalue weighted by molar-refractivity contribution is 0.592. The van der Waals surface area contributed by atoms with Crippen molar-refractivity contribution in [2.24, 2.45) is 0 Å². The fraction of sp³-hybridized carbons (Fsp3) is 0.0769. The van der Waals surface area contributed by atoms with Gasteiger partial charge in [0.15, 0.2) is 0 Å². The third kappa shape index (κ3) is 3.33. The molecule has 21 heavy (non-hydrogen) atoms. The summed E-state index contributed by atoms with van der Waals surface area (Å²) in [5, 5.41) is 0. The molecule has 3 N–H and O–H groups in total. The van der Waals surface area contributed by atoms with E-state index in [0.717, 1.165) is 17.7 Å². The van der Waals surface area contributed by atoms with Gasteiger partial charge in [0, 0.05) is 6.07 Å². The predicted molar refractivity (Wildman–Crippen MR) is 80.5 cm³/mol. The van der Waals surface area contributed by atoms with Crippen molar-refractivity contribution in [2.75, 3.05) is 10.5 Å². The van der Waals surface area contributed by atoms with E-state index in [1.807, 2.05) is 4.72 Å². The maximum atomic E-state index is 13.7. The van der Waals surface area contributed by atoms with Crippen molar-refractivity contribution < 1.29 is 17.2 Å². The Hall–Kier alpha value is -1.67. The number of nitrogens with two attached hydrogens (primary N) is 1. The first-order valence-corrected chi connectivity index (χ1v) is 8.02. The number of aryl methyl sites for hydroxylation is 1. The van der Waals surface area contributed by atoms with Crippen LogP contribution in [0.5, 0.6) is 0 Å². The SMILES string of the molecule is Cc1ccc(S(=O)(=O)Nc2cc(F)c(Br)cc2F)c(N)c1. The molecule has 2 rings (SSSR count). The Bertz CT molecular complexity index is 810. The normalized spacial score (nSPS) is 11.4. The molecule has 0 aliphatic carbocycles. The van der Waals surface area contributed by atoms with Crippen LogP contribution in [0.2, 0.25) is 0 Å². The number of anilines is 2. The van der Waals surface area contributed by atoms with Crippen molar-refractivity contribution in [3.05, 3.63) is 52.0 Å². The van der Waals surface area contributed by atoms with Crippen LogP contribution in [0.25, 0.3) is 0 Å². The van der Waals surface area contributed by atoms with E-state index in [0.29, 0.717) is 0 Å². The molecule has 0 heterocycles. The van der Waals surface area contributed by atoms with Crippen LogP contribution in [-0.4, -0.2) is 8.42 Å². The molecular formula is C13H11BrF2N2O2S. The number of hydrogen-bond donors (Lipinski definition) is 2. The van der Waals surface area contributed by atoms with Crippen molar-refractivity contribution >= 4 is 37.3 Å². The molecule has 0 saturated heterocycles. The summed E-state index contributed by atoms with van der Waals surface area (Å²) in [6, 6.07) is 5.93. The Kier molecular flexibility index (Phi) is 4.20. The molecule has 0 unspecified atom stereocenters. The highest BCUT2D eigenvalue weighted by atomic mass is 79.9. The average Bonchev–Trinajstić information content (AvgIpc) is 2.35. The standard InChI is InChI=1S/C13H11BrF2N2O2S/c1-7-2-3-13(11(17)4-7)21(19,20)18-12-6-9(15)8(14)5-10(12)16/h2-6,18H,17H2,1H3. The molecule has 2 aromatic rings. The van der Waals surface area contributed by atoms with Gasteiger partial charge in [0.05, 0.1) is 15.8 Å². The van der Waals surface area contributed by atoms with Crippen molar-refractivity contribution in [1.82, 2.24) is 0 Å². The molecule has 0 aliphatic rings. The van der Waals surface area contributed by atoms with Gasteiger partial charge in [-0.2, -0.15) is 0 Å². The van der Waals surface area contributed by atoms with E-state index < -0.39 is 27.3 Å². The van der Waals surface area contributed by atoms with Crippen LogP contribution in [0.3, 0.4) is 0 Å². The molecule has 0 aromatic heterocycles. The first-order valence-electron chi connectivity index (χ1n) is 5.74. The molecule has 0 spiro atoms. The van der Waals surface area contributed by atoms with Crippen LogP contribution in [0.15, 0.2) is 39.7 Å². The molecule has 0 bridgehead atoms. The molecule has 4 nitrogen and oxygen atoms in total. The van der Waals surface area contributed by atoms with Crippen molar-refractivity contribution in [3.8, 4) is 0 Å². The second kappa shape index (κ2) is 5.61. The molecule has 112 valence electrons. The number of halogens is 3. The predicted octanol–water partition coefficient (Wildman–Crippen LogP) is 3.42. The van der Waals surface area contributed by atoms with E-state index in [1.165, 1.54) is 12.1 Å². The fourth-order valence-electron chi connectivity index (χ4n) is 1.71. The maximum absolute atomic E-state index is 13.7. The zero-order chi connectivity index (χ0) is 15.8. The van der Waals surface area contributed by atoms with E-state index in [-0.39, 0.29) is 15.1 Å². The maximum Gasteiger partial charge on any atom is 0.264 e. The minimum Gasteiger partial charge on any atom is -0.398 e. The summed E-state index contributed by atoms with van der Waals surface area (Å²) in [6.45, 7) is 1.75. The van der Waals surface area contributed by atoms with Gasteiger partial charge in [-0.25, -0.2) is 17.2 Å². The van der Waals surface area contributed by atoms with Crippen LogP contribution < -0.4 is 10.5 Å². The number of nitrogens with one attached hydrogen (secondary N) is 1. The summed E-state index contributed by atoms with van der Waals surface area (Å²) < 4.78 is 53.4. The topological polar surface area (TPSA) is 72.2 Å². The lowest BCUT2D eigenvalue weighted by atomic mass is 10.2. The average molecular weight is 377 g/mol. The molecule has 0 atom stereocenters. The monoisotopic (exact) mass is 376 g/mol. The molecule has 0 fully saturated rings. The Morgan fingerprint density at radius 2 is 1.81 bits per heavy atom. The number of nitrogen functional groups attached to an aromatic ring is 1. The van der Waals surface area contributed by atoms with Gasteiger partial charge >= 0.3 is 0 Å². The van der Waals surface area contributed by atoms with Gasteiger partial charge < -0.3 is 5.73 Å². The second-order valence-electron chi connectivity index (χ2n) is 4.39.